The minimum Gasteiger partial charge on any atom is -0.454 e. The summed E-state index contributed by atoms with van der Waals surface area (Å²) in [6.07, 6.45) is 0.368. The molecule has 0 saturated heterocycles. The van der Waals surface area contributed by atoms with Gasteiger partial charge in [0, 0.05) is 0 Å². The highest BCUT2D eigenvalue weighted by Crippen LogP contribution is 2.39. The smallest absolute Gasteiger partial charge is 0.231 e. The minimum atomic E-state index is -0.111. The maximum Gasteiger partial charge on any atom is 0.231 e. The van der Waals surface area contributed by atoms with Crippen LogP contribution >= 0.6 is 0 Å². The molecule has 0 radical (unpaired) electrons. The molecule has 2 aliphatic rings. The Kier molecular flexibility index (Phi) is 2.44. The third-order valence-electron chi connectivity index (χ3n) is 4.32. The molecule has 6 nitrogen and oxygen atoms in total. The van der Waals surface area contributed by atoms with E-state index in [4.69, 9.17) is 9.47 Å². The zero-order chi connectivity index (χ0) is 15.4. The number of rotatable bonds is 1. The van der Waals surface area contributed by atoms with Crippen molar-refractivity contribution in [3.05, 3.63) is 48.0 Å². The highest BCUT2D eigenvalue weighted by Gasteiger charge is 2.30. The van der Waals surface area contributed by atoms with Crippen LogP contribution in [0.1, 0.15) is 18.0 Å². The van der Waals surface area contributed by atoms with Gasteiger partial charge in [-0.3, -0.25) is 10.1 Å². The summed E-state index contributed by atoms with van der Waals surface area (Å²) in [4.78, 5) is 16.6. The molecule has 1 unspecified atom stereocenters. The van der Waals surface area contributed by atoms with E-state index in [2.05, 4.69) is 14.9 Å². The molecule has 1 N–H and O–H groups in total. The molecule has 3 heterocycles. The van der Waals surface area contributed by atoms with E-state index < -0.39 is 0 Å². The summed E-state index contributed by atoms with van der Waals surface area (Å²) in [5.74, 6) is 2.02. The molecule has 0 spiro atoms. The standard InChI is InChI=1S/C17H13N3O3/c21-16-8-13(10-5-6-14-15(7-10)23-9-22-14)20-12-4-2-1-3-11(12)18-17(20)19-16/h1-7,13H,8-9H2,(H,18,19,21). The average Bonchev–Trinajstić information content (AvgIpc) is 3.17. The summed E-state index contributed by atoms with van der Waals surface area (Å²) in [7, 11) is 0. The van der Waals surface area contributed by atoms with Gasteiger partial charge in [-0.25, -0.2) is 4.98 Å². The Morgan fingerprint density at radius 2 is 2.00 bits per heavy atom. The molecular weight excluding hydrogens is 294 g/mol. The number of carbonyl (C=O) groups excluding carboxylic acids is 1. The zero-order valence-electron chi connectivity index (χ0n) is 12.2. The number of fused-ring (bicyclic) bond motifs is 4. The van der Waals surface area contributed by atoms with E-state index in [-0.39, 0.29) is 18.7 Å². The van der Waals surface area contributed by atoms with Crippen molar-refractivity contribution in [1.29, 1.82) is 0 Å². The molecule has 1 aromatic heterocycles. The topological polar surface area (TPSA) is 65.4 Å². The number of amides is 1. The van der Waals surface area contributed by atoms with Gasteiger partial charge in [-0.05, 0) is 29.8 Å². The Morgan fingerprint density at radius 3 is 2.96 bits per heavy atom. The summed E-state index contributed by atoms with van der Waals surface area (Å²) >= 11 is 0. The Hall–Kier alpha value is -3.02. The lowest BCUT2D eigenvalue weighted by atomic mass is 10.0. The van der Waals surface area contributed by atoms with Gasteiger partial charge in [0.05, 0.1) is 23.5 Å². The van der Waals surface area contributed by atoms with Crippen LogP contribution in [0.3, 0.4) is 0 Å². The van der Waals surface area contributed by atoms with Crippen LogP contribution in [0.2, 0.25) is 0 Å². The van der Waals surface area contributed by atoms with E-state index in [1.54, 1.807) is 0 Å². The Morgan fingerprint density at radius 1 is 1.13 bits per heavy atom. The lowest BCUT2D eigenvalue weighted by Crippen LogP contribution is -2.28. The SMILES string of the molecule is O=C1CC(c2ccc3c(c2)OCO3)n2c(nc3ccccc32)N1. The molecule has 0 aliphatic carbocycles. The van der Waals surface area contributed by atoms with Gasteiger partial charge >= 0.3 is 0 Å². The van der Waals surface area contributed by atoms with E-state index in [1.807, 2.05) is 42.5 Å². The third kappa shape index (κ3) is 1.81. The fourth-order valence-electron chi connectivity index (χ4n) is 3.28. The molecule has 6 heteroatoms. The number of hydrogen-bond donors (Lipinski definition) is 1. The number of aromatic nitrogens is 2. The number of nitrogens with zero attached hydrogens (tertiary/aromatic N) is 2. The Balaban J connectivity index is 1.71. The molecular formula is C17H13N3O3. The van der Waals surface area contributed by atoms with Crippen LogP contribution < -0.4 is 14.8 Å². The average molecular weight is 307 g/mol. The van der Waals surface area contributed by atoms with Gasteiger partial charge in [0.1, 0.15) is 0 Å². The molecule has 2 aromatic carbocycles. The van der Waals surface area contributed by atoms with Crippen LogP contribution in [-0.2, 0) is 4.79 Å². The van der Waals surface area contributed by atoms with Crippen LogP contribution in [0, 0.1) is 0 Å². The van der Waals surface area contributed by atoms with Gasteiger partial charge in [-0.1, -0.05) is 18.2 Å². The Bertz CT molecular complexity index is 947. The van der Waals surface area contributed by atoms with Crippen molar-refractivity contribution in [1.82, 2.24) is 9.55 Å². The highest BCUT2D eigenvalue weighted by atomic mass is 16.7. The van der Waals surface area contributed by atoms with Crippen LogP contribution in [-0.4, -0.2) is 22.3 Å². The largest absolute Gasteiger partial charge is 0.454 e. The van der Waals surface area contributed by atoms with Crippen molar-refractivity contribution < 1.29 is 14.3 Å². The van der Waals surface area contributed by atoms with Crippen molar-refractivity contribution in [3.63, 3.8) is 0 Å². The monoisotopic (exact) mass is 307 g/mol. The lowest BCUT2D eigenvalue weighted by Gasteiger charge is -2.26. The van der Waals surface area contributed by atoms with Gasteiger partial charge in [0.15, 0.2) is 11.5 Å². The maximum atomic E-state index is 12.1. The second kappa shape index (κ2) is 4.49. The quantitative estimate of drug-likeness (QED) is 0.750. The van der Waals surface area contributed by atoms with Crippen molar-refractivity contribution in [3.8, 4) is 11.5 Å². The molecule has 5 rings (SSSR count). The molecule has 23 heavy (non-hydrogen) atoms. The molecule has 1 amide bonds. The summed E-state index contributed by atoms with van der Waals surface area (Å²) in [5, 5.41) is 2.86. The lowest BCUT2D eigenvalue weighted by molar-refractivity contribution is -0.117. The molecule has 0 bridgehead atoms. The first-order valence-electron chi connectivity index (χ1n) is 7.46. The van der Waals surface area contributed by atoms with Gasteiger partial charge < -0.3 is 14.0 Å². The van der Waals surface area contributed by atoms with Crippen LogP contribution in [0.4, 0.5) is 5.95 Å². The first-order chi connectivity index (χ1) is 11.3. The predicted molar refractivity (Wildman–Crippen MR) is 83.7 cm³/mol. The van der Waals surface area contributed by atoms with Crippen LogP contribution in [0.15, 0.2) is 42.5 Å². The maximum absolute atomic E-state index is 12.1. The summed E-state index contributed by atoms with van der Waals surface area (Å²) in [6, 6.07) is 13.6. The number of ether oxygens (including phenoxy) is 2. The van der Waals surface area contributed by atoms with Crippen LogP contribution in [0.25, 0.3) is 11.0 Å². The van der Waals surface area contributed by atoms with E-state index in [1.165, 1.54) is 0 Å². The van der Waals surface area contributed by atoms with Gasteiger partial charge in [-0.15, -0.1) is 0 Å². The number of anilines is 1. The minimum absolute atomic E-state index is 0.0320. The van der Waals surface area contributed by atoms with Crippen molar-refractivity contribution in [2.24, 2.45) is 0 Å². The molecule has 3 aromatic rings. The molecule has 114 valence electrons. The summed E-state index contributed by atoms with van der Waals surface area (Å²) in [6.45, 7) is 0.239. The van der Waals surface area contributed by atoms with Crippen molar-refractivity contribution >= 4 is 22.9 Å². The fraction of sp³-hybridized carbons (Fsp3) is 0.176. The van der Waals surface area contributed by atoms with E-state index in [9.17, 15) is 4.79 Å². The molecule has 0 fully saturated rings. The first-order valence-corrected chi connectivity index (χ1v) is 7.46. The number of benzene rings is 2. The van der Waals surface area contributed by atoms with Gasteiger partial charge in [0.25, 0.3) is 0 Å². The van der Waals surface area contributed by atoms with Gasteiger partial charge in [-0.2, -0.15) is 0 Å². The van der Waals surface area contributed by atoms with Gasteiger partial charge in [0.2, 0.25) is 18.6 Å². The van der Waals surface area contributed by atoms with E-state index in [0.717, 1.165) is 28.1 Å². The molecule has 0 saturated carbocycles. The second-order valence-corrected chi connectivity index (χ2v) is 5.67. The summed E-state index contributed by atoms with van der Waals surface area (Å²) in [5.41, 5.74) is 2.88. The molecule has 1 atom stereocenters. The van der Waals surface area contributed by atoms with Crippen LogP contribution in [0.5, 0.6) is 11.5 Å². The normalized spacial score (nSPS) is 18.8. The molecule has 2 aliphatic heterocycles. The number of nitrogens with one attached hydrogen (secondary N) is 1. The number of para-hydroxylation sites is 2. The van der Waals surface area contributed by atoms with E-state index >= 15 is 0 Å². The first kappa shape index (κ1) is 12.5. The fourth-order valence-corrected chi connectivity index (χ4v) is 3.28. The predicted octanol–water partition coefficient (Wildman–Crippen LogP) is 2.70. The summed E-state index contributed by atoms with van der Waals surface area (Å²) < 4.78 is 12.9. The van der Waals surface area contributed by atoms with Crippen molar-refractivity contribution in [2.75, 3.05) is 12.1 Å². The number of hydrogen-bond acceptors (Lipinski definition) is 4. The van der Waals surface area contributed by atoms with E-state index in [0.29, 0.717) is 12.4 Å². The van der Waals surface area contributed by atoms with Crippen molar-refractivity contribution in [2.45, 2.75) is 12.5 Å². The third-order valence-corrected chi connectivity index (χ3v) is 4.32. The second-order valence-electron chi connectivity index (χ2n) is 5.67. The number of imidazole rings is 1. The Labute approximate surface area is 131 Å². The number of carbonyl (C=O) groups is 1. The zero-order valence-corrected chi connectivity index (χ0v) is 12.2. The highest BCUT2D eigenvalue weighted by molar-refractivity contribution is 5.94.